The molecule has 0 saturated carbocycles. The minimum Gasteiger partial charge on any atom is -0.358 e. The number of benzene rings is 2. The Hall–Kier alpha value is -2.93. The summed E-state index contributed by atoms with van der Waals surface area (Å²) >= 11 is 0. The largest absolute Gasteiger partial charge is 0.358 e. The molecule has 176 valence electrons. The molecule has 2 aromatic carbocycles. The first kappa shape index (κ1) is 24.7. The van der Waals surface area contributed by atoms with Gasteiger partial charge in [0.1, 0.15) is 10.7 Å². The van der Waals surface area contributed by atoms with Crippen LogP contribution >= 0.6 is 0 Å². The molecule has 0 atom stereocenters. The molecule has 0 aliphatic rings. The molecule has 0 radical (unpaired) electrons. The van der Waals surface area contributed by atoms with Crippen molar-refractivity contribution < 1.29 is 12.6 Å². The molecule has 0 N–H and O–H groups in total. The summed E-state index contributed by atoms with van der Waals surface area (Å²) < 4.78 is 34.0. The summed E-state index contributed by atoms with van der Waals surface area (Å²) in [6.07, 6.45) is 0. The van der Waals surface area contributed by atoms with Crippen molar-refractivity contribution in [2.75, 3.05) is 0 Å². The van der Waals surface area contributed by atoms with Crippen molar-refractivity contribution in [3.8, 4) is 11.6 Å². The average Bonchev–Trinajstić information content (AvgIpc) is 2.72. The third-order valence-electron chi connectivity index (χ3n) is 5.60. The van der Waals surface area contributed by atoms with Gasteiger partial charge >= 0.3 is 10.1 Å². The molecule has 33 heavy (non-hydrogen) atoms. The maximum Gasteiger partial charge on any atom is 0.341 e. The minimum absolute atomic E-state index is 0.0321. The van der Waals surface area contributed by atoms with Crippen molar-refractivity contribution in [2.24, 2.45) is 0 Å². The zero-order valence-electron chi connectivity index (χ0n) is 20.3. The number of hydrogen-bond acceptors (Lipinski definition) is 5. The Morgan fingerprint density at radius 3 is 1.85 bits per heavy atom. The molecule has 0 unspecified atom stereocenters. The topological polar surface area (TPSA) is 78.3 Å². The maximum atomic E-state index is 13.5. The van der Waals surface area contributed by atoms with Gasteiger partial charge in [0.25, 0.3) is 5.56 Å². The quantitative estimate of drug-likeness (QED) is 0.417. The fourth-order valence-electron chi connectivity index (χ4n) is 3.84. The summed E-state index contributed by atoms with van der Waals surface area (Å²) in [6.45, 7) is 13.7. The zero-order chi connectivity index (χ0) is 24.5. The Morgan fingerprint density at radius 1 is 0.848 bits per heavy atom. The van der Waals surface area contributed by atoms with Crippen LogP contribution in [-0.4, -0.2) is 18.0 Å². The molecule has 6 nitrogen and oxygen atoms in total. The summed E-state index contributed by atoms with van der Waals surface area (Å²) in [5.41, 5.74) is 2.73. The normalized spacial score (nSPS) is 12.1. The van der Waals surface area contributed by atoms with Gasteiger partial charge in [0.2, 0.25) is 5.88 Å². The third-order valence-corrected chi connectivity index (χ3v) is 6.96. The number of nitrogens with zero attached hydrogens (tertiary/aromatic N) is 2. The van der Waals surface area contributed by atoms with E-state index in [0.29, 0.717) is 22.6 Å². The molecule has 3 aromatic rings. The van der Waals surface area contributed by atoms with Crippen LogP contribution in [0, 0.1) is 6.92 Å². The van der Waals surface area contributed by atoms with Crippen molar-refractivity contribution in [3.63, 3.8) is 0 Å². The lowest BCUT2D eigenvalue weighted by Gasteiger charge is -2.22. The summed E-state index contributed by atoms with van der Waals surface area (Å²) in [6, 6.07) is 14.1. The Balaban J connectivity index is 2.13. The van der Waals surface area contributed by atoms with Crippen LogP contribution in [0.3, 0.4) is 0 Å². The van der Waals surface area contributed by atoms with Crippen molar-refractivity contribution in [3.05, 3.63) is 81.4 Å². The second-order valence-corrected chi connectivity index (χ2v) is 10.7. The standard InChI is InChI=1S/C26H32N2O4S/c1-16(2)20-13-22(17(3)4)26(23(14-20)18(5)6)33(30,31)32-24-15-25(29)28(19(7)27-24)21-11-9-8-10-12-21/h8-18H,1-7H3. The van der Waals surface area contributed by atoms with Gasteiger partial charge in [0, 0.05) is 0 Å². The van der Waals surface area contributed by atoms with Crippen LogP contribution in [0.15, 0.2) is 58.2 Å². The Bertz CT molecular complexity index is 1280. The Labute approximate surface area is 196 Å². The monoisotopic (exact) mass is 468 g/mol. The van der Waals surface area contributed by atoms with Gasteiger partial charge in [-0.25, -0.2) is 0 Å². The fourth-order valence-corrected chi connectivity index (χ4v) is 5.40. The van der Waals surface area contributed by atoms with Crippen LogP contribution < -0.4 is 9.74 Å². The van der Waals surface area contributed by atoms with E-state index in [-0.39, 0.29) is 28.5 Å². The van der Waals surface area contributed by atoms with Gasteiger partial charge in [-0.2, -0.15) is 13.4 Å². The lowest BCUT2D eigenvalue weighted by molar-refractivity contribution is 0.469. The van der Waals surface area contributed by atoms with Crippen LogP contribution in [0.1, 0.15) is 81.8 Å². The summed E-state index contributed by atoms with van der Waals surface area (Å²) in [7, 11) is -4.23. The first-order valence-corrected chi connectivity index (χ1v) is 12.6. The van der Waals surface area contributed by atoms with Crippen molar-refractivity contribution in [1.29, 1.82) is 0 Å². The Kier molecular flexibility index (Phi) is 7.12. The molecule has 0 aliphatic heterocycles. The Morgan fingerprint density at radius 2 is 1.39 bits per heavy atom. The summed E-state index contributed by atoms with van der Waals surface area (Å²) in [5, 5.41) is 0. The second kappa shape index (κ2) is 9.51. The van der Waals surface area contributed by atoms with E-state index in [4.69, 9.17) is 4.18 Å². The molecular weight excluding hydrogens is 436 g/mol. The van der Waals surface area contributed by atoms with E-state index < -0.39 is 15.7 Å². The van der Waals surface area contributed by atoms with E-state index in [2.05, 4.69) is 18.8 Å². The van der Waals surface area contributed by atoms with Crippen LogP contribution in [0.25, 0.3) is 5.69 Å². The minimum atomic E-state index is -4.23. The third kappa shape index (κ3) is 5.19. The van der Waals surface area contributed by atoms with E-state index in [1.54, 1.807) is 19.1 Å². The average molecular weight is 469 g/mol. The van der Waals surface area contributed by atoms with Crippen LogP contribution in [0.5, 0.6) is 5.88 Å². The molecule has 0 saturated heterocycles. The van der Waals surface area contributed by atoms with Crippen LogP contribution in [0.2, 0.25) is 0 Å². The number of hydrogen-bond donors (Lipinski definition) is 0. The second-order valence-electron chi connectivity index (χ2n) is 9.18. The molecule has 0 amide bonds. The predicted octanol–water partition coefficient (Wildman–Crippen LogP) is 5.68. The van der Waals surface area contributed by atoms with Gasteiger partial charge in [-0.3, -0.25) is 9.36 Å². The first-order valence-electron chi connectivity index (χ1n) is 11.2. The maximum absolute atomic E-state index is 13.5. The smallest absolute Gasteiger partial charge is 0.341 e. The van der Waals surface area contributed by atoms with Crippen LogP contribution in [0.4, 0.5) is 0 Å². The highest BCUT2D eigenvalue weighted by atomic mass is 32.2. The van der Waals surface area contributed by atoms with E-state index >= 15 is 0 Å². The molecule has 0 bridgehead atoms. The lowest BCUT2D eigenvalue weighted by Crippen LogP contribution is -2.23. The number of aryl methyl sites for hydroxylation is 1. The van der Waals surface area contributed by atoms with E-state index in [1.807, 2.05) is 58.0 Å². The number of rotatable bonds is 7. The summed E-state index contributed by atoms with van der Waals surface area (Å²) in [4.78, 5) is 17.2. The van der Waals surface area contributed by atoms with Crippen LogP contribution in [-0.2, 0) is 10.1 Å². The molecule has 0 spiro atoms. The predicted molar refractivity (Wildman–Crippen MR) is 131 cm³/mol. The van der Waals surface area contributed by atoms with Crippen molar-refractivity contribution in [1.82, 2.24) is 9.55 Å². The van der Waals surface area contributed by atoms with Gasteiger partial charge in [0.15, 0.2) is 0 Å². The first-order chi connectivity index (χ1) is 15.4. The molecule has 0 fully saturated rings. The highest BCUT2D eigenvalue weighted by Gasteiger charge is 2.29. The van der Waals surface area contributed by atoms with E-state index in [1.165, 1.54) is 4.57 Å². The van der Waals surface area contributed by atoms with Gasteiger partial charge < -0.3 is 4.18 Å². The molecule has 1 heterocycles. The molecular formula is C26H32N2O4S. The molecule has 3 rings (SSSR count). The SMILES string of the molecule is Cc1nc(OS(=O)(=O)c2c(C(C)C)cc(C(C)C)cc2C(C)C)cc(=O)n1-c1ccccc1. The number of aromatic nitrogens is 2. The van der Waals surface area contributed by atoms with Gasteiger partial charge in [-0.05, 0) is 53.5 Å². The molecule has 7 heteroatoms. The number of para-hydroxylation sites is 1. The summed E-state index contributed by atoms with van der Waals surface area (Å²) in [5.74, 6) is 0.294. The lowest BCUT2D eigenvalue weighted by atomic mass is 9.89. The van der Waals surface area contributed by atoms with E-state index in [9.17, 15) is 13.2 Å². The van der Waals surface area contributed by atoms with Gasteiger partial charge in [-0.1, -0.05) is 71.9 Å². The van der Waals surface area contributed by atoms with Gasteiger partial charge in [-0.15, -0.1) is 0 Å². The zero-order valence-corrected chi connectivity index (χ0v) is 21.1. The highest BCUT2D eigenvalue weighted by Crippen LogP contribution is 2.36. The van der Waals surface area contributed by atoms with Crippen molar-refractivity contribution in [2.45, 2.75) is 71.1 Å². The highest BCUT2D eigenvalue weighted by molar-refractivity contribution is 7.87. The van der Waals surface area contributed by atoms with Crippen molar-refractivity contribution >= 4 is 10.1 Å². The molecule has 0 aliphatic carbocycles. The molecule has 1 aromatic heterocycles. The fraction of sp³-hybridized carbons (Fsp3) is 0.385. The van der Waals surface area contributed by atoms with Gasteiger partial charge in [0.05, 0.1) is 11.8 Å². The van der Waals surface area contributed by atoms with E-state index in [0.717, 1.165) is 11.6 Å².